The molecule has 0 unspecified atom stereocenters. The highest BCUT2D eigenvalue weighted by Crippen LogP contribution is 2.26. The van der Waals surface area contributed by atoms with Gasteiger partial charge in [0.15, 0.2) is 0 Å². The summed E-state index contributed by atoms with van der Waals surface area (Å²) in [6.45, 7) is 6.92. The zero-order chi connectivity index (χ0) is 24.4. The van der Waals surface area contributed by atoms with Gasteiger partial charge in [-0.05, 0) is 43.5 Å². The Morgan fingerprint density at radius 3 is 2.24 bits per heavy atom. The number of piperidine rings is 1. The van der Waals surface area contributed by atoms with Crippen LogP contribution >= 0.6 is 0 Å². The number of aromatic nitrogens is 1. The van der Waals surface area contributed by atoms with Gasteiger partial charge in [0.1, 0.15) is 10.6 Å². The molecule has 0 saturated carbocycles. The summed E-state index contributed by atoms with van der Waals surface area (Å²) >= 11 is 0. The van der Waals surface area contributed by atoms with Gasteiger partial charge in [0, 0.05) is 45.1 Å². The van der Waals surface area contributed by atoms with Crippen LogP contribution in [0.2, 0.25) is 0 Å². The Balaban J connectivity index is 1.88. The van der Waals surface area contributed by atoms with E-state index in [-0.39, 0.29) is 15.5 Å². The van der Waals surface area contributed by atoms with E-state index in [0.717, 1.165) is 19.3 Å². The molecular weight excluding hydrogens is 464 g/mol. The largest absolute Gasteiger partial charge is 0.345 e. The summed E-state index contributed by atoms with van der Waals surface area (Å²) in [7, 11) is -5.76. The molecular formula is C22H32N4O5S2. The molecule has 1 aromatic heterocycles. The molecule has 1 amide bonds. The van der Waals surface area contributed by atoms with Crippen LogP contribution in [0.4, 0.5) is 5.69 Å². The molecule has 2 heterocycles. The number of benzene rings is 1. The summed E-state index contributed by atoms with van der Waals surface area (Å²) < 4.78 is 55.9. The first kappa shape index (κ1) is 25.4. The van der Waals surface area contributed by atoms with E-state index < -0.39 is 26.0 Å². The molecule has 0 aliphatic carbocycles. The number of carbonyl (C=O) groups is 1. The topological polar surface area (TPSA) is 109 Å². The minimum Gasteiger partial charge on any atom is -0.345 e. The van der Waals surface area contributed by atoms with Crippen molar-refractivity contribution < 1.29 is 21.6 Å². The van der Waals surface area contributed by atoms with Crippen LogP contribution in [-0.2, 0) is 27.1 Å². The maximum atomic E-state index is 13.0. The Hall–Kier alpha value is -2.21. The molecule has 182 valence electrons. The summed E-state index contributed by atoms with van der Waals surface area (Å²) in [6.07, 6.45) is 4.10. The first-order valence-electron chi connectivity index (χ1n) is 11.1. The van der Waals surface area contributed by atoms with Crippen molar-refractivity contribution in [1.29, 1.82) is 0 Å². The zero-order valence-corrected chi connectivity index (χ0v) is 21.2. The van der Waals surface area contributed by atoms with Crippen molar-refractivity contribution in [1.82, 2.24) is 13.2 Å². The average Bonchev–Trinajstić information content (AvgIpc) is 3.19. The van der Waals surface area contributed by atoms with Gasteiger partial charge < -0.3 is 9.88 Å². The Morgan fingerprint density at radius 1 is 1.00 bits per heavy atom. The third-order valence-corrected chi connectivity index (χ3v) is 9.88. The van der Waals surface area contributed by atoms with Crippen molar-refractivity contribution >= 4 is 31.6 Å². The van der Waals surface area contributed by atoms with Crippen LogP contribution in [-0.4, -0.2) is 62.1 Å². The number of carbonyl (C=O) groups excluding carboxylic acids is 1. The van der Waals surface area contributed by atoms with Gasteiger partial charge in [0.2, 0.25) is 20.0 Å². The number of sulfonamides is 2. The lowest BCUT2D eigenvalue weighted by molar-refractivity contribution is 0.101. The van der Waals surface area contributed by atoms with Crippen molar-refractivity contribution in [3.05, 3.63) is 41.7 Å². The van der Waals surface area contributed by atoms with Gasteiger partial charge in [-0.25, -0.2) is 16.8 Å². The Kier molecular flexibility index (Phi) is 7.67. The van der Waals surface area contributed by atoms with Gasteiger partial charge >= 0.3 is 0 Å². The molecule has 1 saturated heterocycles. The van der Waals surface area contributed by atoms with Crippen molar-refractivity contribution in [2.24, 2.45) is 7.05 Å². The van der Waals surface area contributed by atoms with Gasteiger partial charge in [0.05, 0.1) is 4.90 Å². The van der Waals surface area contributed by atoms with Crippen molar-refractivity contribution in [2.45, 2.75) is 49.8 Å². The predicted octanol–water partition coefficient (Wildman–Crippen LogP) is 2.79. The van der Waals surface area contributed by atoms with Crippen LogP contribution < -0.4 is 5.32 Å². The van der Waals surface area contributed by atoms with Gasteiger partial charge in [0.25, 0.3) is 5.91 Å². The number of anilines is 1. The molecule has 3 rings (SSSR count). The molecule has 11 heteroatoms. The van der Waals surface area contributed by atoms with E-state index in [9.17, 15) is 21.6 Å². The molecule has 0 bridgehead atoms. The number of hydrogen-bond donors (Lipinski definition) is 1. The highest BCUT2D eigenvalue weighted by molar-refractivity contribution is 7.89. The quantitative estimate of drug-likeness (QED) is 0.605. The summed E-state index contributed by atoms with van der Waals surface area (Å²) in [5.41, 5.74) is 1.22. The normalized spacial score (nSPS) is 15.7. The smallest absolute Gasteiger partial charge is 0.272 e. The van der Waals surface area contributed by atoms with Crippen LogP contribution in [0.5, 0.6) is 0 Å². The van der Waals surface area contributed by atoms with Gasteiger partial charge in [-0.2, -0.15) is 8.61 Å². The van der Waals surface area contributed by atoms with Crippen molar-refractivity contribution in [3.8, 4) is 0 Å². The fraction of sp³-hybridized carbons (Fsp3) is 0.500. The molecule has 9 nitrogen and oxygen atoms in total. The van der Waals surface area contributed by atoms with E-state index >= 15 is 0 Å². The number of amides is 1. The fourth-order valence-electron chi connectivity index (χ4n) is 3.95. The first-order chi connectivity index (χ1) is 15.5. The minimum absolute atomic E-state index is 0.0389. The summed E-state index contributed by atoms with van der Waals surface area (Å²) in [6, 6.07) is 6.01. The monoisotopic (exact) mass is 496 g/mol. The second-order valence-electron chi connectivity index (χ2n) is 8.16. The summed E-state index contributed by atoms with van der Waals surface area (Å²) in [4.78, 5) is 13.2. The van der Waals surface area contributed by atoms with E-state index in [1.54, 1.807) is 40.0 Å². The maximum absolute atomic E-state index is 13.0. The van der Waals surface area contributed by atoms with E-state index in [1.165, 1.54) is 31.5 Å². The summed E-state index contributed by atoms with van der Waals surface area (Å²) in [5, 5.41) is 2.75. The molecule has 0 spiro atoms. The van der Waals surface area contributed by atoms with Gasteiger partial charge in [-0.1, -0.05) is 26.3 Å². The van der Waals surface area contributed by atoms with E-state index in [4.69, 9.17) is 0 Å². The minimum atomic E-state index is -3.71. The highest BCUT2D eigenvalue weighted by atomic mass is 32.2. The molecule has 2 aromatic rings. The van der Waals surface area contributed by atoms with Crippen LogP contribution in [0.3, 0.4) is 0 Å². The third-order valence-electron chi connectivity index (χ3n) is 5.97. The number of rotatable bonds is 8. The molecule has 0 radical (unpaired) electrons. The van der Waals surface area contributed by atoms with Crippen molar-refractivity contribution in [3.63, 3.8) is 0 Å². The second-order valence-corrected chi connectivity index (χ2v) is 12.0. The molecule has 1 N–H and O–H groups in total. The lowest BCUT2D eigenvalue weighted by atomic mass is 10.2. The number of nitrogens with one attached hydrogen (secondary N) is 1. The standard InChI is InChI=1S/C22H32N4O5S2/c1-5-25(6-2)33(30,31)19-15-21(24(4)16-19)22(27)23-20-14-18(11-10-17(20)3)32(28,29)26-12-8-7-9-13-26/h10-11,14-16H,5-9,12-13H2,1-4H3,(H,23,27). The molecule has 1 aliphatic rings. The fourth-order valence-corrected chi connectivity index (χ4v) is 7.02. The van der Waals surface area contributed by atoms with Crippen LogP contribution in [0.15, 0.2) is 40.3 Å². The number of hydrogen-bond acceptors (Lipinski definition) is 5. The second kappa shape index (κ2) is 9.96. The Morgan fingerprint density at radius 2 is 1.64 bits per heavy atom. The number of aryl methyl sites for hydroxylation is 2. The van der Waals surface area contributed by atoms with Gasteiger partial charge in [-0.3, -0.25) is 4.79 Å². The van der Waals surface area contributed by atoms with E-state index in [1.807, 2.05) is 0 Å². The highest BCUT2D eigenvalue weighted by Gasteiger charge is 2.28. The van der Waals surface area contributed by atoms with E-state index in [2.05, 4.69) is 5.32 Å². The maximum Gasteiger partial charge on any atom is 0.272 e. The lowest BCUT2D eigenvalue weighted by Crippen LogP contribution is -2.35. The Labute approximate surface area is 196 Å². The van der Waals surface area contributed by atoms with E-state index in [0.29, 0.717) is 37.4 Å². The number of nitrogens with zero attached hydrogens (tertiary/aromatic N) is 3. The zero-order valence-electron chi connectivity index (χ0n) is 19.5. The SMILES string of the molecule is CCN(CC)S(=O)(=O)c1cc(C(=O)Nc2cc(S(=O)(=O)N3CCCCC3)ccc2C)n(C)c1. The predicted molar refractivity (Wildman–Crippen MR) is 127 cm³/mol. The van der Waals surface area contributed by atoms with Crippen LogP contribution in [0.25, 0.3) is 0 Å². The molecule has 1 fully saturated rings. The first-order valence-corrected chi connectivity index (χ1v) is 14.0. The average molecular weight is 497 g/mol. The third kappa shape index (κ3) is 5.16. The lowest BCUT2D eigenvalue weighted by Gasteiger charge is -2.26. The molecule has 33 heavy (non-hydrogen) atoms. The van der Waals surface area contributed by atoms with Crippen LogP contribution in [0, 0.1) is 6.92 Å². The Bertz CT molecular complexity index is 1230. The molecule has 1 aliphatic heterocycles. The van der Waals surface area contributed by atoms with Crippen molar-refractivity contribution in [2.75, 3.05) is 31.5 Å². The molecule has 1 aromatic carbocycles. The van der Waals surface area contributed by atoms with Crippen LogP contribution in [0.1, 0.15) is 49.2 Å². The van der Waals surface area contributed by atoms with Gasteiger partial charge in [-0.15, -0.1) is 0 Å². The summed E-state index contributed by atoms with van der Waals surface area (Å²) in [5.74, 6) is -0.519. The molecule has 0 atom stereocenters.